The van der Waals surface area contributed by atoms with Crippen LogP contribution in [-0.4, -0.2) is 5.11 Å². The van der Waals surface area contributed by atoms with Crippen molar-refractivity contribution in [2.75, 3.05) is 0 Å². The normalized spacial score (nSPS) is 8.11. The second kappa shape index (κ2) is 3.54. The van der Waals surface area contributed by atoms with Crippen LogP contribution >= 0.6 is 0 Å². The third-order valence-corrected chi connectivity index (χ3v) is 1.12. The zero-order valence-electron chi connectivity index (χ0n) is 5.11. The summed E-state index contributed by atoms with van der Waals surface area (Å²) in [7, 11) is 0. The van der Waals surface area contributed by atoms with Crippen molar-refractivity contribution in [2.24, 2.45) is 0 Å². The summed E-state index contributed by atoms with van der Waals surface area (Å²) in [4.78, 5) is 0. The van der Waals surface area contributed by atoms with E-state index in [0.29, 0.717) is 5.75 Å². The van der Waals surface area contributed by atoms with Gasteiger partial charge in [-0.25, -0.2) is 0 Å². The van der Waals surface area contributed by atoms with E-state index in [9.17, 15) is 0 Å². The first-order chi connectivity index (χ1) is 3.80. The first-order valence-electron chi connectivity index (χ1n) is 2.55. The van der Waals surface area contributed by atoms with E-state index in [1.807, 2.05) is 25.1 Å². The fourth-order valence-electron chi connectivity index (χ4n) is 0.563. The predicted octanol–water partition coefficient (Wildman–Crippen LogP) is 1.70. The van der Waals surface area contributed by atoms with Crippen molar-refractivity contribution in [3.8, 4) is 5.75 Å². The quantitative estimate of drug-likeness (QED) is 0.578. The first-order valence-corrected chi connectivity index (χ1v) is 2.55. The van der Waals surface area contributed by atoms with E-state index in [1.54, 1.807) is 6.07 Å². The summed E-state index contributed by atoms with van der Waals surface area (Å²) >= 11 is 0. The maximum Gasteiger partial charge on any atom is 0.118 e. The number of phenols is 1. The number of aryl methyl sites for hydroxylation is 1. The number of hydrogen-bond donors (Lipinski definition) is 1. The van der Waals surface area contributed by atoms with E-state index in [-0.39, 0.29) is 17.1 Å². The molecule has 0 aromatic heterocycles. The first kappa shape index (κ1) is 8.54. The minimum absolute atomic E-state index is 0. The van der Waals surface area contributed by atoms with Gasteiger partial charge < -0.3 is 5.11 Å². The van der Waals surface area contributed by atoms with Crippen LogP contribution in [0.5, 0.6) is 5.75 Å². The summed E-state index contributed by atoms with van der Waals surface area (Å²) in [5.41, 5.74) is 0.924. The third-order valence-electron chi connectivity index (χ3n) is 1.12. The van der Waals surface area contributed by atoms with Gasteiger partial charge in [0.15, 0.2) is 0 Å². The van der Waals surface area contributed by atoms with Crippen molar-refractivity contribution < 1.29 is 22.2 Å². The molecule has 1 aromatic carbocycles. The molecule has 0 unspecified atom stereocenters. The molecule has 1 nitrogen and oxygen atoms in total. The van der Waals surface area contributed by atoms with Gasteiger partial charge in [-0.1, -0.05) is 18.2 Å². The van der Waals surface area contributed by atoms with Gasteiger partial charge in [-0.3, -0.25) is 0 Å². The van der Waals surface area contributed by atoms with Gasteiger partial charge in [0.2, 0.25) is 0 Å². The molecule has 0 atom stereocenters. The van der Waals surface area contributed by atoms with Crippen LogP contribution in [0.4, 0.5) is 0 Å². The van der Waals surface area contributed by atoms with Crippen molar-refractivity contribution >= 4 is 0 Å². The molecule has 1 N–H and O–H groups in total. The van der Waals surface area contributed by atoms with Gasteiger partial charge in [0.1, 0.15) is 5.75 Å². The van der Waals surface area contributed by atoms with Gasteiger partial charge >= 0.3 is 0 Å². The van der Waals surface area contributed by atoms with Crippen LogP contribution in [0.3, 0.4) is 0 Å². The molecule has 0 heterocycles. The molecule has 9 heavy (non-hydrogen) atoms. The Balaban J connectivity index is 0.000000640. The molecule has 0 spiro atoms. The van der Waals surface area contributed by atoms with Crippen LogP contribution in [0.25, 0.3) is 0 Å². The number of para-hydroxylation sites is 1. The molecule has 0 fully saturated rings. The molecular formula is C7H8FeO. The topological polar surface area (TPSA) is 20.2 Å². The van der Waals surface area contributed by atoms with E-state index in [4.69, 9.17) is 5.11 Å². The molecule has 0 aliphatic carbocycles. The van der Waals surface area contributed by atoms with E-state index in [1.165, 1.54) is 0 Å². The molecule has 1 aromatic rings. The summed E-state index contributed by atoms with van der Waals surface area (Å²) < 4.78 is 0. The van der Waals surface area contributed by atoms with Crippen LogP contribution in [0, 0.1) is 6.92 Å². The Bertz CT molecular complexity index is 165. The van der Waals surface area contributed by atoms with E-state index in [2.05, 4.69) is 0 Å². The summed E-state index contributed by atoms with van der Waals surface area (Å²) in [6, 6.07) is 7.25. The van der Waals surface area contributed by atoms with Crippen molar-refractivity contribution in [3.05, 3.63) is 29.8 Å². The van der Waals surface area contributed by atoms with Crippen LogP contribution in [0.15, 0.2) is 24.3 Å². The Morgan fingerprint density at radius 1 is 1.22 bits per heavy atom. The van der Waals surface area contributed by atoms with Gasteiger partial charge in [0.25, 0.3) is 0 Å². The van der Waals surface area contributed by atoms with Crippen molar-refractivity contribution in [1.29, 1.82) is 0 Å². The molecule has 0 amide bonds. The molecule has 0 aliphatic heterocycles. The maximum atomic E-state index is 8.92. The molecule has 50 valence electrons. The standard InChI is InChI=1S/C7H8O.Fe/c1-6-4-2-3-5-7(6)8;/h2-5,8H,1H3;. The molecular weight excluding hydrogens is 156 g/mol. The zero-order chi connectivity index (χ0) is 5.98. The van der Waals surface area contributed by atoms with Crippen LogP contribution < -0.4 is 0 Å². The molecule has 0 radical (unpaired) electrons. The fourth-order valence-corrected chi connectivity index (χ4v) is 0.563. The van der Waals surface area contributed by atoms with Gasteiger partial charge in [0, 0.05) is 17.1 Å². The monoisotopic (exact) mass is 164 g/mol. The maximum absolute atomic E-state index is 8.92. The second-order valence-electron chi connectivity index (χ2n) is 1.79. The van der Waals surface area contributed by atoms with Crippen molar-refractivity contribution in [3.63, 3.8) is 0 Å². The summed E-state index contributed by atoms with van der Waals surface area (Å²) in [5.74, 6) is 0.368. The van der Waals surface area contributed by atoms with Gasteiger partial charge in [0.05, 0.1) is 0 Å². The third kappa shape index (κ3) is 2.08. The minimum Gasteiger partial charge on any atom is -0.508 e. The summed E-state index contributed by atoms with van der Waals surface area (Å²) in [6.45, 7) is 1.87. The van der Waals surface area contributed by atoms with Gasteiger partial charge in [-0.05, 0) is 18.6 Å². The van der Waals surface area contributed by atoms with Crippen LogP contribution in [0.1, 0.15) is 5.56 Å². The number of rotatable bonds is 0. The summed E-state index contributed by atoms with van der Waals surface area (Å²) in [5, 5.41) is 8.92. The Labute approximate surface area is 65.2 Å². The number of phenolic OH excluding ortho intramolecular Hbond substituents is 1. The number of aromatic hydroxyl groups is 1. The van der Waals surface area contributed by atoms with Crippen LogP contribution in [-0.2, 0) is 17.1 Å². The molecule has 0 saturated heterocycles. The average molecular weight is 164 g/mol. The Hall–Kier alpha value is -0.461. The van der Waals surface area contributed by atoms with Crippen LogP contribution in [0.2, 0.25) is 0 Å². The molecule has 0 bridgehead atoms. The molecule has 0 aliphatic rings. The Morgan fingerprint density at radius 2 is 1.78 bits per heavy atom. The Morgan fingerprint density at radius 3 is 2.11 bits per heavy atom. The minimum atomic E-state index is 0. The molecule has 1 rings (SSSR count). The fraction of sp³-hybridized carbons (Fsp3) is 0.143. The predicted molar refractivity (Wildman–Crippen MR) is 32.8 cm³/mol. The molecule has 2 heteroatoms. The zero-order valence-corrected chi connectivity index (χ0v) is 6.21. The average Bonchev–Trinajstić information content (AvgIpc) is 1.77. The largest absolute Gasteiger partial charge is 0.508 e. The van der Waals surface area contributed by atoms with Gasteiger partial charge in [-0.15, -0.1) is 0 Å². The van der Waals surface area contributed by atoms with Crippen molar-refractivity contribution in [2.45, 2.75) is 6.92 Å². The summed E-state index contributed by atoms with van der Waals surface area (Å²) in [6.07, 6.45) is 0. The smallest absolute Gasteiger partial charge is 0.118 e. The van der Waals surface area contributed by atoms with E-state index >= 15 is 0 Å². The number of benzene rings is 1. The molecule has 0 saturated carbocycles. The Kier molecular flexibility index (Phi) is 3.36. The SMILES string of the molecule is Cc1ccccc1O.[Fe]. The van der Waals surface area contributed by atoms with Gasteiger partial charge in [-0.2, -0.15) is 0 Å². The van der Waals surface area contributed by atoms with E-state index in [0.717, 1.165) is 5.56 Å². The number of hydrogen-bond acceptors (Lipinski definition) is 1. The second-order valence-corrected chi connectivity index (χ2v) is 1.79. The van der Waals surface area contributed by atoms with Crippen molar-refractivity contribution in [1.82, 2.24) is 0 Å². The van der Waals surface area contributed by atoms with E-state index < -0.39 is 0 Å².